The van der Waals surface area contributed by atoms with Gasteiger partial charge in [0.1, 0.15) is 15.9 Å². The summed E-state index contributed by atoms with van der Waals surface area (Å²) in [6.07, 6.45) is 2.80. The minimum absolute atomic E-state index is 0.133. The number of nitrogens with one attached hydrogen (secondary N) is 1. The first kappa shape index (κ1) is 15.4. The molecule has 24 heavy (non-hydrogen) atoms. The lowest BCUT2D eigenvalue weighted by atomic mass is 9.92. The Labute approximate surface area is 143 Å². The summed E-state index contributed by atoms with van der Waals surface area (Å²) < 4.78 is 6.48. The van der Waals surface area contributed by atoms with E-state index in [1.807, 2.05) is 30.3 Å². The maximum absolute atomic E-state index is 12.8. The third-order valence-corrected chi connectivity index (χ3v) is 5.32. The minimum Gasteiger partial charge on any atom is -0.388 e. The minimum atomic E-state index is -0.850. The van der Waals surface area contributed by atoms with E-state index in [2.05, 4.69) is 14.7 Å². The zero-order valence-corrected chi connectivity index (χ0v) is 13.9. The molecule has 4 rings (SSSR count). The average Bonchev–Trinajstić information content (AvgIpc) is 3.03. The molecule has 0 bridgehead atoms. The molecule has 0 radical (unpaired) electrons. The molecule has 0 saturated carbocycles. The molecule has 0 unspecified atom stereocenters. The van der Waals surface area contributed by atoms with Crippen molar-refractivity contribution in [2.24, 2.45) is 0 Å². The molecule has 6 nitrogen and oxygen atoms in total. The van der Waals surface area contributed by atoms with Gasteiger partial charge in [0.15, 0.2) is 0 Å². The Morgan fingerprint density at radius 3 is 2.75 bits per heavy atom. The second kappa shape index (κ2) is 6.08. The zero-order chi connectivity index (χ0) is 16.6. The molecular weight excluding hydrogens is 324 g/mol. The number of aliphatic hydroxyl groups is 1. The molecule has 1 saturated heterocycles. The Bertz CT molecular complexity index is 913. The van der Waals surface area contributed by atoms with Crippen LogP contribution in [0.5, 0.6) is 0 Å². The maximum atomic E-state index is 12.8. The van der Waals surface area contributed by atoms with Crippen LogP contribution in [0.4, 0.5) is 0 Å². The Morgan fingerprint density at radius 1 is 1.25 bits per heavy atom. The van der Waals surface area contributed by atoms with E-state index in [0.29, 0.717) is 23.1 Å². The van der Waals surface area contributed by atoms with Crippen LogP contribution in [-0.2, 0) is 6.54 Å². The average molecular weight is 342 g/mol. The summed E-state index contributed by atoms with van der Waals surface area (Å²) in [5, 5.41) is 13.9. The van der Waals surface area contributed by atoms with Crippen LogP contribution < -0.4 is 10.9 Å². The third kappa shape index (κ3) is 2.75. The third-order valence-electron chi connectivity index (χ3n) is 4.50. The number of hydrogen-bond donors (Lipinski definition) is 2. The Balaban J connectivity index is 1.73. The first-order chi connectivity index (χ1) is 11.7. The number of fused-ring (bicyclic) bond motifs is 1. The van der Waals surface area contributed by atoms with E-state index < -0.39 is 5.60 Å². The van der Waals surface area contributed by atoms with E-state index in [4.69, 9.17) is 0 Å². The lowest BCUT2D eigenvalue weighted by Gasteiger charge is -2.32. The molecule has 3 aromatic rings. The van der Waals surface area contributed by atoms with Gasteiger partial charge in [0.2, 0.25) is 0 Å². The van der Waals surface area contributed by atoms with Crippen LogP contribution in [0.3, 0.4) is 0 Å². The second-order valence-corrected chi connectivity index (χ2v) is 7.00. The highest BCUT2D eigenvalue weighted by molar-refractivity contribution is 7.13. The summed E-state index contributed by atoms with van der Waals surface area (Å²) in [6, 6.07) is 9.74. The molecule has 0 amide bonds. The van der Waals surface area contributed by atoms with Crippen molar-refractivity contribution in [3.8, 4) is 11.3 Å². The molecule has 0 atom stereocenters. The fourth-order valence-corrected chi connectivity index (χ4v) is 3.93. The van der Waals surface area contributed by atoms with Crippen LogP contribution in [0.25, 0.3) is 21.5 Å². The molecule has 7 heteroatoms. The molecular formula is C17H18N4O2S. The van der Waals surface area contributed by atoms with Crippen LogP contribution in [0.15, 0.2) is 41.5 Å². The van der Waals surface area contributed by atoms with Crippen molar-refractivity contribution in [1.29, 1.82) is 0 Å². The van der Waals surface area contributed by atoms with E-state index in [0.717, 1.165) is 24.3 Å². The SMILES string of the molecule is O=c1c2snc(-c3ccccc3)c2ncn1CC1(O)CCNCC1. The van der Waals surface area contributed by atoms with Crippen molar-refractivity contribution >= 4 is 21.7 Å². The zero-order valence-electron chi connectivity index (χ0n) is 13.1. The number of rotatable bonds is 3. The van der Waals surface area contributed by atoms with Gasteiger partial charge in [0.25, 0.3) is 5.56 Å². The Kier molecular flexibility index (Phi) is 3.91. The summed E-state index contributed by atoms with van der Waals surface area (Å²) in [5.41, 5.74) is 1.33. The van der Waals surface area contributed by atoms with Crippen molar-refractivity contribution in [2.45, 2.75) is 25.0 Å². The highest BCUT2D eigenvalue weighted by Crippen LogP contribution is 2.27. The van der Waals surface area contributed by atoms with Gasteiger partial charge in [0.05, 0.1) is 18.5 Å². The van der Waals surface area contributed by atoms with Crippen molar-refractivity contribution in [3.63, 3.8) is 0 Å². The van der Waals surface area contributed by atoms with Gasteiger partial charge in [0, 0.05) is 5.56 Å². The summed E-state index contributed by atoms with van der Waals surface area (Å²) in [4.78, 5) is 17.2. The van der Waals surface area contributed by atoms with E-state index in [-0.39, 0.29) is 12.1 Å². The van der Waals surface area contributed by atoms with Crippen molar-refractivity contribution in [2.75, 3.05) is 13.1 Å². The number of benzene rings is 1. The summed E-state index contributed by atoms with van der Waals surface area (Å²) >= 11 is 1.17. The smallest absolute Gasteiger partial charge is 0.273 e. The molecule has 2 N–H and O–H groups in total. The number of aromatic nitrogens is 3. The van der Waals surface area contributed by atoms with E-state index >= 15 is 0 Å². The van der Waals surface area contributed by atoms with Gasteiger partial charge in [-0.25, -0.2) is 4.98 Å². The first-order valence-electron chi connectivity index (χ1n) is 8.00. The van der Waals surface area contributed by atoms with Gasteiger partial charge in [-0.15, -0.1) is 0 Å². The van der Waals surface area contributed by atoms with Gasteiger partial charge in [-0.05, 0) is 37.5 Å². The predicted molar refractivity (Wildman–Crippen MR) is 94.2 cm³/mol. The monoisotopic (exact) mass is 342 g/mol. The molecule has 0 spiro atoms. The molecule has 2 aromatic heterocycles. The van der Waals surface area contributed by atoms with Crippen LogP contribution in [0, 0.1) is 0 Å². The molecule has 1 aliphatic heterocycles. The van der Waals surface area contributed by atoms with Crippen LogP contribution in [0.1, 0.15) is 12.8 Å². The Morgan fingerprint density at radius 2 is 2.00 bits per heavy atom. The summed E-state index contributed by atoms with van der Waals surface area (Å²) in [6.45, 7) is 1.80. The van der Waals surface area contributed by atoms with Crippen LogP contribution in [-0.4, -0.2) is 37.7 Å². The molecule has 1 aromatic carbocycles. The van der Waals surface area contributed by atoms with Gasteiger partial charge in [-0.1, -0.05) is 30.3 Å². The van der Waals surface area contributed by atoms with Crippen molar-refractivity contribution in [1.82, 2.24) is 19.2 Å². The normalized spacial score (nSPS) is 17.2. The number of nitrogens with zero attached hydrogens (tertiary/aromatic N) is 3. The lowest BCUT2D eigenvalue weighted by Crippen LogP contribution is -2.46. The van der Waals surface area contributed by atoms with Gasteiger partial charge < -0.3 is 10.4 Å². The van der Waals surface area contributed by atoms with E-state index in [9.17, 15) is 9.90 Å². The van der Waals surface area contributed by atoms with E-state index in [1.165, 1.54) is 22.4 Å². The number of hydrogen-bond acceptors (Lipinski definition) is 6. The highest BCUT2D eigenvalue weighted by Gasteiger charge is 2.30. The number of piperidine rings is 1. The highest BCUT2D eigenvalue weighted by atomic mass is 32.1. The van der Waals surface area contributed by atoms with Gasteiger partial charge in [-0.2, -0.15) is 4.37 Å². The standard InChI is InChI=1S/C17H18N4O2S/c22-16-15-14(13(20-24-15)12-4-2-1-3-5-12)19-11-21(16)10-17(23)6-8-18-9-7-17/h1-5,11,18,23H,6-10H2. The fraction of sp³-hybridized carbons (Fsp3) is 0.353. The molecule has 3 heterocycles. The molecule has 1 aliphatic rings. The second-order valence-electron chi connectivity index (χ2n) is 6.23. The Hall–Kier alpha value is -2.09. The fourth-order valence-electron chi connectivity index (χ4n) is 3.12. The topological polar surface area (TPSA) is 80.0 Å². The van der Waals surface area contributed by atoms with Crippen molar-refractivity contribution in [3.05, 3.63) is 47.0 Å². The van der Waals surface area contributed by atoms with Gasteiger partial charge in [-0.3, -0.25) is 9.36 Å². The van der Waals surface area contributed by atoms with E-state index in [1.54, 1.807) is 0 Å². The van der Waals surface area contributed by atoms with Crippen LogP contribution in [0.2, 0.25) is 0 Å². The molecule has 1 fully saturated rings. The largest absolute Gasteiger partial charge is 0.388 e. The van der Waals surface area contributed by atoms with Crippen LogP contribution >= 0.6 is 11.5 Å². The molecule has 0 aliphatic carbocycles. The quantitative estimate of drug-likeness (QED) is 0.756. The maximum Gasteiger partial charge on any atom is 0.273 e. The first-order valence-corrected chi connectivity index (χ1v) is 8.77. The summed E-state index contributed by atoms with van der Waals surface area (Å²) in [5.74, 6) is 0. The lowest BCUT2D eigenvalue weighted by molar-refractivity contribution is -0.00626. The van der Waals surface area contributed by atoms with Gasteiger partial charge >= 0.3 is 0 Å². The molecule has 124 valence electrons. The predicted octanol–water partition coefficient (Wildman–Crippen LogP) is 1.63. The summed E-state index contributed by atoms with van der Waals surface area (Å²) in [7, 11) is 0. The van der Waals surface area contributed by atoms with Crippen molar-refractivity contribution < 1.29 is 5.11 Å².